The molecule has 1 aromatic carbocycles. The first kappa shape index (κ1) is 17.4. The SMILES string of the molecule is CCCSc1nc(NC2CC2c2ccc(OC)c(Cl)c2)c2n[nH]nc2n1. The molecule has 26 heavy (non-hydrogen) atoms. The number of thioether (sulfide) groups is 1. The Morgan fingerprint density at radius 1 is 1.35 bits per heavy atom. The lowest BCUT2D eigenvalue weighted by molar-refractivity contribution is 0.415. The maximum atomic E-state index is 6.25. The smallest absolute Gasteiger partial charge is 0.207 e. The van der Waals surface area contributed by atoms with E-state index in [0.29, 0.717) is 33.9 Å². The maximum Gasteiger partial charge on any atom is 0.207 e. The summed E-state index contributed by atoms with van der Waals surface area (Å²) in [6, 6.07) is 6.23. The van der Waals surface area contributed by atoms with E-state index in [9.17, 15) is 0 Å². The van der Waals surface area contributed by atoms with Gasteiger partial charge in [-0.25, -0.2) is 4.98 Å². The highest BCUT2D eigenvalue weighted by Gasteiger charge is 2.39. The number of rotatable bonds is 7. The number of hydrogen-bond donors (Lipinski definition) is 2. The van der Waals surface area contributed by atoms with Gasteiger partial charge in [-0.3, -0.25) is 0 Å². The van der Waals surface area contributed by atoms with Crippen LogP contribution in [0.3, 0.4) is 0 Å². The third kappa shape index (κ3) is 3.43. The predicted octanol–water partition coefficient (Wildman–Crippen LogP) is 3.88. The van der Waals surface area contributed by atoms with Crippen LogP contribution in [0.1, 0.15) is 31.2 Å². The van der Waals surface area contributed by atoms with Crippen LogP contribution in [0.5, 0.6) is 5.75 Å². The highest BCUT2D eigenvalue weighted by Crippen LogP contribution is 2.44. The van der Waals surface area contributed by atoms with Gasteiger partial charge in [-0.1, -0.05) is 36.4 Å². The van der Waals surface area contributed by atoms with Crippen molar-refractivity contribution in [3.05, 3.63) is 28.8 Å². The molecular weight excluding hydrogens is 372 g/mol. The number of ether oxygens (including phenoxy) is 1. The van der Waals surface area contributed by atoms with E-state index in [1.54, 1.807) is 18.9 Å². The first-order chi connectivity index (χ1) is 12.7. The Labute approximate surface area is 160 Å². The number of hydrogen-bond acceptors (Lipinski definition) is 7. The molecule has 2 unspecified atom stereocenters. The second-order valence-electron chi connectivity index (χ2n) is 6.19. The van der Waals surface area contributed by atoms with Crippen LogP contribution in [0, 0.1) is 0 Å². The van der Waals surface area contributed by atoms with Crippen LogP contribution in [0.15, 0.2) is 23.4 Å². The molecule has 0 radical (unpaired) electrons. The Morgan fingerprint density at radius 3 is 3.00 bits per heavy atom. The lowest BCUT2D eigenvalue weighted by Gasteiger charge is -2.08. The molecule has 1 aliphatic carbocycles. The Morgan fingerprint density at radius 2 is 2.23 bits per heavy atom. The summed E-state index contributed by atoms with van der Waals surface area (Å²) < 4.78 is 5.22. The highest BCUT2D eigenvalue weighted by atomic mass is 35.5. The van der Waals surface area contributed by atoms with Crippen LogP contribution in [0.25, 0.3) is 11.2 Å². The van der Waals surface area contributed by atoms with Crippen LogP contribution in [0.4, 0.5) is 5.82 Å². The van der Waals surface area contributed by atoms with Crippen LogP contribution in [-0.4, -0.2) is 44.3 Å². The minimum atomic E-state index is 0.290. The molecule has 2 heterocycles. The Kier molecular flexibility index (Phi) is 4.86. The molecule has 1 aliphatic rings. The van der Waals surface area contributed by atoms with Crippen molar-refractivity contribution in [1.82, 2.24) is 25.4 Å². The fourth-order valence-electron chi connectivity index (χ4n) is 2.90. The van der Waals surface area contributed by atoms with Gasteiger partial charge < -0.3 is 10.1 Å². The molecule has 3 aromatic rings. The molecule has 136 valence electrons. The van der Waals surface area contributed by atoms with Crippen molar-refractivity contribution >= 4 is 40.3 Å². The number of benzene rings is 1. The molecule has 0 saturated heterocycles. The average molecular weight is 391 g/mol. The van der Waals surface area contributed by atoms with E-state index >= 15 is 0 Å². The Balaban J connectivity index is 1.53. The van der Waals surface area contributed by atoms with Crippen LogP contribution in [-0.2, 0) is 0 Å². The van der Waals surface area contributed by atoms with Gasteiger partial charge >= 0.3 is 0 Å². The molecule has 0 amide bonds. The minimum Gasteiger partial charge on any atom is -0.495 e. The zero-order valence-electron chi connectivity index (χ0n) is 14.5. The van der Waals surface area contributed by atoms with Crippen molar-refractivity contribution in [2.24, 2.45) is 0 Å². The number of H-pyrrole nitrogens is 1. The lowest BCUT2D eigenvalue weighted by atomic mass is 10.1. The second-order valence-corrected chi connectivity index (χ2v) is 7.66. The summed E-state index contributed by atoms with van der Waals surface area (Å²) in [6.07, 6.45) is 2.08. The number of anilines is 1. The summed E-state index contributed by atoms with van der Waals surface area (Å²) in [6.45, 7) is 2.13. The molecule has 2 aromatic heterocycles. The van der Waals surface area contributed by atoms with E-state index in [2.05, 4.69) is 43.7 Å². The number of fused-ring (bicyclic) bond motifs is 1. The zero-order valence-corrected chi connectivity index (χ0v) is 16.1. The fraction of sp³-hybridized carbons (Fsp3) is 0.412. The molecule has 4 rings (SSSR count). The van der Waals surface area contributed by atoms with E-state index in [-0.39, 0.29) is 0 Å². The zero-order chi connectivity index (χ0) is 18.1. The number of nitrogens with zero attached hydrogens (tertiary/aromatic N) is 4. The van der Waals surface area contributed by atoms with Crippen molar-refractivity contribution < 1.29 is 4.74 Å². The van der Waals surface area contributed by atoms with Crippen LogP contribution >= 0.6 is 23.4 Å². The van der Waals surface area contributed by atoms with Gasteiger partial charge in [0.05, 0.1) is 12.1 Å². The third-order valence-corrected chi connectivity index (χ3v) is 5.66. The number of methoxy groups -OCH3 is 1. The third-order valence-electron chi connectivity index (χ3n) is 4.31. The number of halogens is 1. The van der Waals surface area contributed by atoms with Crippen LogP contribution < -0.4 is 10.1 Å². The molecule has 2 N–H and O–H groups in total. The van der Waals surface area contributed by atoms with Crippen molar-refractivity contribution in [1.29, 1.82) is 0 Å². The molecule has 0 aliphatic heterocycles. The molecule has 1 saturated carbocycles. The molecule has 0 bridgehead atoms. The number of aromatic amines is 1. The Bertz CT molecular complexity index is 933. The van der Waals surface area contributed by atoms with Crippen molar-refractivity contribution in [2.45, 2.75) is 36.9 Å². The number of nitrogens with one attached hydrogen (secondary N) is 2. The minimum absolute atomic E-state index is 0.290. The normalized spacial score (nSPS) is 18.9. The molecule has 7 nitrogen and oxygen atoms in total. The summed E-state index contributed by atoms with van der Waals surface area (Å²) in [5.74, 6) is 2.79. The lowest BCUT2D eigenvalue weighted by Crippen LogP contribution is -2.08. The first-order valence-corrected chi connectivity index (χ1v) is 9.87. The van der Waals surface area contributed by atoms with Gasteiger partial charge in [0, 0.05) is 17.7 Å². The van der Waals surface area contributed by atoms with Crippen molar-refractivity contribution in [3.8, 4) is 5.75 Å². The van der Waals surface area contributed by atoms with Gasteiger partial charge in [0.25, 0.3) is 0 Å². The van der Waals surface area contributed by atoms with Gasteiger partial charge in [0.2, 0.25) is 5.65 Å². The summed E-state index contributed by atoms with van der Waals surface area (Å²) in [5, 5.41) is 15.8. The maximum absolute atomic E-state index is 6.25. The summed E-state index contributed by atoms with van der Waals surface area (Å²) in [4.78, 5) is 9.08. The molecule has 0 spiro atoms. The Hall–Kier alpha value is -2.06. The van der Waals surface area contributed by atoms with Gasteiger partial charge in [-0.2, -0.15) is 15.3 Å². The summed E-state index contributed by atoms with van der Waals surface area (Å²) in [5.41, 5.74) is 2.45. The molecule has 1 fully saturated rings. The highest BCUT2D eigenvalue weighted by molar-refractivity contribution is 7.99. The second kappa shape index (κ2) is 7.28. The van der Waals surface area contributed by atoms with Crippen molar-refractivity contribution in [2.75, 3.05) is 18.2 Å². The van der Waals surface area contributed by atoms with E-state index in [1.807, 2.05) is 12.1 Å². The summed E-state index contributed by atoms with van der Waals surface area (Å²) in [7, 11) is 1.62. The molecule has 2 atom stereocenters. The van der Waals surface area contributed by atoms with E-state index < -0.39 is 0 Å². The van der Waals surface area contributed by atoms with Gasteiger partial charge in [-0.05, 0) is 30.5 Å². The monoisotopic (exact) mass is 390 g/mol. The largest absolute Gasteiger partial charge is 0.495 e. The molecular formula is C17H19ClN6OS. The van der Waals surface area contributed by atoms with Gasteiger partial charge in [0.15, 0.2) is 16.5 Å². The van der Waals surface area contributed by atoms with Gasteiger partial charge in [-0.15, -0.1) is 5.10 Å². The average Bonchev–Trinajstić information content (AvgIpc) is 3.24. The standard InChI is InChI=1S/C17H19ClN6OS/c1-3-6-26-17-20-15(14-16(21-17)23-24-22-14)19-12-8-10(12)9-4-5-13(25-2)11(18)7-9/h4-5,7,10,12H,3,6,8H2,1-2H3,(H2,19,20,21,22,23,24). The van der Waals surface area contributed by atoms with Gasteiger partial charge in [0.1, 0.15) is 5.75 Å². The molecule has 9 heteroatoms. The van der Waals surface area contributed by atoms with E-state index in [0.717, 1.165) is 29.6 Å². The first-order valence-electron chi connectivity index (χ1n) is 8.51. The van der Waals surface area contributed by atoms with E-state index in [1.165, 1.54) is 5.56 Å². The predicted molar refractivity (Wildman–Crippen MR) is 103 cm³/mol. The summed E-state index contributed by atoms with van der Waals surface area (Å²) >= 11 is 7.88. The topological polar surface area (TPSA) is 88.6 Å². The van der Waals surface area contributed by atoms with Crippen molar-refractivity contribution in [3.63, 3.8) is 0 Å². The van der Waals surface area contributed by atoms with E-state index in [4.69, 9.17) is 16.3 Å². The fourth-order valence-corrected chi connectivity index (χ4v) is 3.86. The quantitative estimate of drug-likeness (QED) is 0.467. The number of aromatic nitrogens is 5. The van der Waals surface area contributed by atoms with Crippen LogP contribution in [0.2, 0.25) is 5.02 Å².